The van der Waals surface area contributed by atoms with Crippen molar-refractivity contribution in [3.63, 3.8) is 0 Å². The third-order valence-corrected chi connectivity index (χ3v) is 2.03. The molecule has 0 saturated carbocycles. The minimum atomic E-state index is 0.145. The maximum atomic E-state index is 7.16. The Hall–Kier alpha value is -0.730. The van der Waals surface area contributed by atoms with E-state index in [1.54, 1.807) is 4.90 Å². The molecule has 0 aromatic rings. The Morgan fingerprint density at radius 1 is 1.55 bits per heavy atom. The fraction of sp³-hybridized carbons (Fsp3) is 0.875. The van der Waals surface area contributed by atoms with Crippen molar-refractivity contribution in [1.29, 1.82) is 5.41 Å². The van der Waals surface area contributed by atoms with E-state index >= 15 is 0 Å². The van der Waals surface area contributed by atoms with Crippen molar-refractivity contribution in [3.05, 3.63) is 0 Å². The summed E-state index contributed by atoms with van der Waals surface area (Å²) >= 11 is 0. The molecule has 0 aliphatic carbocycles. The van der Waals surface area contributed by atoms with Crippen molar-refractivity contribution >= 4 is 5.96 Å². The number of hydrogen-bond acceptors (Lipinski definition) is 1. The zero-order chi connectivity index (χ0) is 9.07. The van der Waals surface area contributed by atoms with Gasteiger partial charge in [-0.05, 0) is 11.8 Å². The Balaban J connectivity index is 3.93. The van der Waals surface area contributed by atoms with Gasteiger partial charge in [0.25, 0.3) is 0 Å². The second-order valence-electron chi connectivity index (χ2n) is 3.76. The van der Waals surface area contributed by atoms with Gasteiger partial charge in [0.05, 0.1) is 0 Å². The molecule has 0 aromatic carbocycles. The van der Waals surface area contributed by atoms with Crippen LogP contribution in [0.5, 0.6) is 0 Å². The normalized spacial score (nSPS) is 11.3. The van der Waals surface area contributed by atoms with Gasteiger partial charge < -0.3 is 10.6 Å². The van der Waals surface area contributed by atoms with Gasteiger partial charge >= 0.3 is 0 Å². The quantitative estimate of drug-likeness (QED) is 0.478. The number of nitrogens with one attached hydrogen (secondary N) is 1. The topological polar surface area (TPSA) is 53.1 Å². The van der Waals surface area contributed by atoms with Crippen molar-refractivity contribution in [1.82, 2.24) is 4.90 Å². The molecule has 0 saturated heterocycles. The van der Waals surface area contributed by atoms with Crippen LogP contribution in [0.25, 0.3) is 0 Å². The molecule has 0 radical (unpaired) electrons. The molecule has 11 heavy (non-hydrogen) atoms. The second kappa shape index (κ2) is 3.60. The largest absolute Gasteiger partial charge is 0.370 e. The summed E-state index contributed by atoms with van der Waals surface area (Å²) in [7, 11) is 1.85. The monoisotopic (exact) mass is 157 g/mol. The fourth-order valence-corrected chi connectivity index (χ4v) is 0.839. The van der Waals surface area contributed by atoms with Crippen LogP contribution in [0.1, 0.15) is 27.2 Å². The van der Waals surface area contributed by atoms with E-state index in [0.717, 1.165) is 13.0 Å². The van der Waals surface area contributed by atoms with Crippen molar-refractivity contribution in [2.45, 2.75) is 27.2 Å². The minimum absolute atomic E-state index is 0.145. The van der Waals surface area contributed by atoms with Crippen molar-refractivity contribution < 1.29 is 0 Å². The summed E-state index contributed by atoms with van der Waals surface area (Å²) in [6.07, 6.45) is 1.10. The maximum Gasteiger partial charge on any atom is 0.188 e. The van der Waals surface area contributed by atoms with Crippen LogP contribution in [0.15, 0.2) is 0 Å². The van der Waals surface area contributed by atoms with E-state index in [4.69, 9.17) is 11.1 Å². The zero-order valence-electron chi connectivity index (χ0n) is 7.94. The Morgan fingerprint density at radius 3 is 2.27 bits per heavy atom. The Labute approximate surface area is 69.1 Å². The lowest BCUT2D eigenvalue weighted by Crippen LogP contribution is -2.39. The third kappa shape index (κ3) is 3.86. The van der Waals surface area contributed by atoms with Gasteiger partial charge in [-0.3, -0.25) is 5.41 Å². The van der Waals surface area contributed by atoms with Crippen LogP contribution in [-0.4, -0.2) is 24.5 Å². The highest BCUT2D eigenvalue weighted by atomic mass is 15.2. The van der Waals surface area contributed by atoms with Crippen LogP contribution in [0.4, 0.5) is 0 Å². The summed E-state index contributed by atoms with van der Waals surface area (Å²) in [6, 6.07) is 0. The summed E-state index contributed by atoms with van der Waals surface area (Å²) in [5.74, 6) is 0.145. The molecule has 3 nitrogen and oxygen atoms in total. The highest BCUT2D eigenvalue weighted by molar-refractivity contribution is 5.74. The van der Waals surface area contributed by atoms with Gasteiger partial charge in [0.1, 0.15) is 0 Å². The average molecular weight is 157 g/mol. The van der Waals surface area contributed by atoms with Gasteiger partial charge in [-0.1, -0.05) is 20.8 Å². The molecular weight excluding hydrogens is 138 g/mol. The van der Waals surface area contributed by atoms with Gasteiger partial charge in [0, 0.05) is 13.6 Å². The van der Waals surface area contributed by atoms with Crippen molar-refractivity contribution in [2.75, 3.05) is 13.6 Å². The zero-order valence-corrected chi connectivity index (χ0v) is 7.94. The lowest BCUT2D eigenvalue weighted by Gasteiger charge is -2.29. The first-order chi connectivity index (χ1) is 4.89. The average Bonchev–Trinajstić information content (AvgIpc) is 1.87. The van der Waals surface area contributed by atoms with Gasteiger partial charge in [-0.25, -0.2) is 0 Å². The molecule has 0 spiro atoms. The van der Waals surface area contributed by atoms with E-state index in [9.17, 15) is 0 Å². The maximum absolute atomic E-state index is 7.16. The number of nitrogens with zero attached hydrogens (tertiary/aromatic N) is 1. The first-order valence-electron chi connectivity index (χ1n) is 3.94. The number of hydrogen-bond donors (Lipinski definition) is 2. The molecule has 0 atom stereocenters. The van der Waals surface area contributed by atoms with E-state index in [2.05, 4.69) is 20.8 Å². The van der Waals surface area contributed by atoms with E-state index in [1.165, 1.54) is 0 Å². The lowest BCUT2D eigenvalue weighted by molar-refractivity contribution is 0.266. The Kier molecular flexibility index (Phi) is 3.36. The predicted molar refractivity (Wildman–Crippen MR) is 48.6 cm³/mol. The number of nitrogens with two attached hydrogens (primary N) is 1. The van der Waals surface area contributed by atoms with Crippen molar-refractivity contribution in [3.8, 4) is 0 Å². The van der Waals surface area contributed by atoms with Crippen LogP contribution in [0.3, 0.4) is 0 Å². The smallest absolute Gasteiger partial charge is 0.188 e. The molecule has 0 heterocycles. The SMILES string of the molecule is CCC(C)(C)CN(C)C(=N)N. The van der Waals surface area contributed by atoms with Crippen LogP contribution in [0.2, 0.25) is 0 Å². The van der Waals surface area contributed by atoms with Gasteiger partial charge in [-0.15, -0.1) is 0 Å². The molecule has 0 unspecified atom stereocenters. The summed E-state index contributed by atoms with van der Waals surface area (Å²) in [6.45, 7) is 7.34. The molecule has 0 aliphatic rings. The molecule has 0 rings (SSSR count). The predicted octanol–water partition coefficient (Wildman–Crippen LogP) is 1.25. The molecule has 3 N–H and O–H groups in total. The highest BCUT2D eigenvalue weighted by Crippen LogP contribution is 2.19. The number of rotatable bonds is 3. The molecule has 3 heteroatoms. The van der Waals surface area contributed by atoms with Gasteiger partial charge in [0.15, 0.2) is 5.96 Å². The number of guanidine groups is 1. The van der Waals surface area contributed by atoms with Crippen LogP contribution < -0.4 is 5.73 Å². The van der Waals surface area contributed by atoms with Crippen LogP contribution in [-0.2, 0) is 0 Å². The summed E-state index contributed by atoms with van der Waals surface area (Å²) in [4.78, 5) is 1.77. The van der Waals surface area contributed by atoms with E-state index in [-0.39, 0.29) is 11.4 Å². The Bertz CT molecular complexity index is 140. The second-order valence-corrected chi connectivity index (χ2v) is 3.76. The third-order valence-electron chi connectivity index (χ3n) is 2.03. The minimum Gasteiger partial charge on any atom is -0.370 e. The molecular formula is C8H19N3. The van der Waals surface area contributed by atoms with Crippen LogP contribution in [0, 0.1) is 10.8 Å². The molecule has 0 bridgehead atoms. The van der Waals surface area contributed by atoms with Gasteiger partial charge in [0.2, 0.25) is 0 Å². The molecule has 0 amide bonds. The van der Waals surface area contributed by atoms with Crippen molar-refractivity contribution in [2.24, 2.45) is 11.1 Å². The molecule has 0 aliphatic heterocycles. The van der Waals surface area contributed by atoms with Crippen LogP contribution >= 0.6 is 0 Å². The first kappa shape index (κ1) is 10.3. The highest BCUT2D eigenvalue weighted by Gasteiger charge is 2.17. The first-order valence-corrected chi connectivity index (χ1v) is 3.94. The molecule has 0 aromatic heterocycles. The lowest BCUT2D eigenvalue weighted by atomic mass is 9.90. The summed E-state index contributed by atoms with van der Waals surface area (Å²) in [5.41, 5.74) is 5.56. The molecule has 66 valence electrons. The Morgan fingerprint density at radius 2 is 2.00 bits per heavy atom. The standard InChI is InChI=1S/C8H19N3/c1-5-8(2,3)6-11(4)7(9)10/h5-6H2,1-4H3,(H3,9,10). The van der Waals surface area contributed by atoms with E-state index < -0.39 is 0 Å². The van der Waals surface area contributed by atoms with E-state index in [1.807, 2.05) is 7.05 Å². The van der Waals surface area contributed by atoms with E-state index in [0.29, 0.717) is 0 Å². The fourth-order valence-electron chi connectivity index (χ4n) is 0.839. The summed E-state index contributed by atoms with van der Waals surface area (Å²) < 4.78 is 0. The summed E-state index contributed by atoms with van der Waals surface area (Å²) in [5, 5.41) is 7.16. The molecule has 0 fully saturated rings. The van der Waals surface area contributed by atoms with Gasteiger partial charge in [-0.2, -0.15) is 0 Å².